The fraction of sp³-hybridized carbons (Fsp3) is 0.300. The second-order valence-electron chi connectivity index (χ2n) is 2.69. The van der Waals surface area contributed by atoms with E-state index in [0.29, 0.717) is 18.4 Å². The Balaban J connectivity index is 2.74. The van der Waals surface area contributed by atoms with Crippen molar-refractivity contribution in [2.45, 2.75) is 19.5 Å². The van der Waals surface area contributed by atoms with Crippen LogP contribution in [0, 0.1) is 0 Å². The van der Waals surface area contributed by atoms with E-state index in [2.05, 4.69) is 4.74 Å². The minimum Gasteiger partial charge on any atom is -0.435 e. The molecule has 1 aromatic carbocycles. The van der Waals surface area contributed by atoms with Crippen molar-refractivity contribution in [3.05, 3.63) is 29.8 Å². The number of ether oxygens (including phenoxy) is 1. The van der Waals surface area contributed by atoms with Crippen molar-refractivity contribution in [3.8, 4) is 5.75 Å². The van der Waals surface area contributed by atoms with E-state index >= 15 is 0 Å². The van der Waals surface area contributed by atoms with Gasteiger partial charge >= 0.3 is 6.61 Å². The van der Waals surface area contributed by atoms with E-state index in [0.717, 1.165) is 6.29 Å². The maximum atomic E-state index is 11.9. The van der Waals surface area contributed by atoms with Crippen LogP contribution in [-0.2, 0) is 11.2 Å². The molecule has 0 aliphatic carbocycles. The molecule has 4 heteroatoms. The zero-order valence-corrected chi connectivity index (χ0v) is 7.45. The van der Waals surface area contributed by atoms with Crippen molar-refractivity contribution in [3.63, 3.8) is 0 Å². The molecule has 0 saturated heterocycles. The summed E-state index contributed by atoms with van der Waals surface area (Å²) in [6, 6.07) is 6.47. The van der Waals surface area contributed by atoms with Crippen molar-refractivity contribution in [1.82, 2.24) is 0 Å². The molecule has 0 fully saturated rings. The van der Waals surface area contributed by atoms with Gasteiger partial charge in [0.1, 0.15) is 12.0 Å². The highest BCUT2D eigenvalue weighted by atomic mass is 19.3. The molecular weight excluding hydrogens is 190 g/mol. The van der Waals surface area contributed by atoms with Crippen LogP contribution in [-0.4, -0.2) is 12.9 Å². The van der Waals surface area contributed by atoms with Crippen LogP contribution in [0.25, 0.3) is 0 Å². The third-order valence-corrected chi connectivity index (χ3v) is 1.72. The average molecular weight is 200 g/mol. The van der Waals surface area contributed by atoms with Crippen LogP contribution < -0.4 is 4.74 Å². The van der Waals surface area contributed by atoms with Crippen LogP contribution in [0.2, 0.25) is 0 Å². The number of alkyl halides is 2. The van der Waals surface area contributed by atoms with Gasteiger partial charge in [0, 0.05) is 6.42 Å². The van der Waals surface area contributed by atoms with Gasteiger partial charge in [-0.1, -0.05) is 18.2 Å². The summed E-state index contributed by atoms with van der Waals surface area (Å²) in [6.45, 7) is -2.83. The Kier molecular flexibility index (Phi) is 4.04. The molecule has 0 aliphatic heterocycles. The predicted octanol–water partition coefficient (Wildman–Crippen LogP) is 2.42. The van der Waals surface area contributed by atoms with E-state index in [-0.39, 0.29) is 5.75 Å². The molecule has 0 aliphatic rings. The van der Waals surface area contributed by atoms with Crippen LogP contribution in [0.4, 0.5) is 8.78 Å². The van der Waals surface area contributed by atoms with Crippen LogP contribution >= 0.6 is 0 Å². The maximum Gasteiger partial charge on any atom is 0.387 e. The Bertz CT molecular complexity index is 300. The van der Waals surface area contributed by atoms with E-state index in [1.807, 2.05) is 0 Å². The molecule has 0 unspecified atom stereocenters. The summed E-state index contributed by atoms with van der Waals surface area (Å²) in [4.78, 5) is 10.1. The highest BCUT2D eigenvalue weighted by Gasteiger charge is 2.07. The van der Waals surface area contributed by atoms with Gasteiger partial charge in [-0.05, 0) is 18.1 Å². The largest absolute Gasteiger partial charge is 0.435 e. The maximum absolute atomic E-state index is 11.9. The summed E-state index contributed by atoms with van der Waals surface area (Å²) in [5, 5.41) is 0. The molecule has 0 heterocycles. The van der Waals surface area contributed by atoms with Gasteiger partial charge in [0.05, 0.1) is 0 Å². The zero-order valence-electron chi connectivity index (χ0n) is 7.45. The van der Waals surface area contributed by atoms with Crippen LogP contribution in [0.15, 0.2) is 24.3 Å². The van der Waals surface area contributed by atoms with Crippen LogP contribution in [0.3, 0.4) is 0 Å². The Hall–Kier alpha value is -1.45. The second kappa shape index (κ2) is 5.32. The summed E-state index contributed by atoms with van der Waals surface area (Å²) in [5.74, 6) is 0.143. The molecule has 0 saturated carbocycles. The molecule has 1 aromatic rings. The Morgan fingerprint density at radius 1 is 1.36 bits per heavy atom. The van der Waals surface area contributed by atoms with E-state index in [1.165, 1.54) is 6.07 Å². The number of aryl methyl sites for hydroxylation is 1. The van der Waals surface area contributed by atoms with Gasteiger partial charge in [-0.3, -0.25) is 0 Å². The minimum atomic E-state index is -2.83. The van der Waals surface area contributed by atoms with Gasteiger partial charge in [-0.2, -0.15) is 8.78 Å². The number of hydrogen-bond donors (Lipinski definition) is 0. The SMILES string of the molecule is O=CCCc1ccccc1OC(F)F. The van der Waals surface area contributed by atoms with Gasteiger partial charge in [0.25, 0.3) is 0 Å². The molecule has 0 bridgehead atoms. The average Bonchev–Trinajstić information content (AvgIpc) is 2.16. The number of para-hydroxylation sites is 1. The lowest BCUT2D eigenvalue weighted by Gasteiger charge is -2.08. The molecule has 0 N–H and O–H groups in total. The summed E-state index contributed by atoms with van der Waals surface area (Å²) < 4.78 is 28.2. The highest BCUT2D eigenvalue weighted by molar-refractivity contribution is 5.50. The quantitative estimate of drug-likeness (QED) is 0.682. The lowest BCUT2D eigenvalue weighted by atomic mass is 10.1. The molecule has 0 aromatic heterocycles. The summed E-state index contributed by atoms with van der Waals surface area (Å²) in [7, 11) is 0. The normalized spacial score (nSPS) is 10.2. The molecule has 0 atom stereocenters. The van der Waals surface area contributed by atoms with Gasteiger partial charge < -0.3 is 9.53 Å². The lowest BCUT2D eigenvalue weighted by Crippen LogP contribution is -2.04. The van der Waals surface area contributed by atoms with Crippen LogP contribution in [0.1, 0.15) is 12.0 Å². The number of carbonyl (C=O) groups excluding carboxylic acids is 1. The number of rotatable bonds is 5. The first-order valence-electron chi connectivity index (χ1n) is 4.20. The molecule has 0 amide bonds. The van der Waals surface area contributed by atoms with Crippen molar-refractivity contribution < 1.29 is 18.3 Å². The highest BCUT2D eigenvalue weighted by Crippen LogP contribution is 2.21. The van der Waals surface area contributed by atoms with E-state index in [9.17, 15) is 13.6 Å². The van der Waals surface area contributed by atoms with Crippen molar-refractivity contribution >= 4 is 6.29 Å². The molecule has 1 rings (SSSR count). The van der Waals surface area contributed by atoms with Crippen molar-refractivity contribution in [1.29, 1.82) is 0 Å². The smallest absolute Gasteiger partial charge is 0.387 e. The lowest BCUT2D eigenvalue weighted by molar-refractivity contribution is -0.107. The molecule has 14 heavy (non-hydrogen) atoms. The first kappa shape index (κ1) is 10.6. The fourth-order valence-electron chi connectivity index (χ4n) is 1.14. The predicted molar refractivity (Wildman–Crippen MR) is 47.5 cm³/mol. The van der Waals surface area contributed by atoms with E-state index in [1.54, 1.807) is 18.2 Å². The first-order chi connectivity index (χ1) is 6.74. The third kappa shape index (κ3) is 3.12. The van der Waals surface area contributed by atoms with Gasteiger partial charge in [-0.25, -0.2) is 0 Å². The minimum absolute atomic E-state index is 0.143. The third-order valence-electron chi connectivity index (χ3n) is 1.72. The standard InChI is InChI=1S/C10H10F2O2/c11-10(12)14-9-6-2-1-4-8(9)5-3-7-13/h1-2,4,6-7,10H,3,5H2. The second-order valence-corrected chi connectivity index (χ2v) is 2.69. The van der Waals surface area contributed by atoms with Gasteiger partial charge in [-0.15, -0.1) is 0 Å². The summed E-state index contributed by atoms with van der Waals surface area (Å²) >= 11 is 0. The first-order valence-corrected chi connectivity index (χ1v) is 4.20. The summed E-state index contributed by atoms with van der Waals surface area (Å²) in [6.07, 6.45) is 1.48. The molecule has 76 valence electrons. The molecular formula is C10H10F2O2. The van der Waals surface area contributed by atoms with Crippen molar-refractivity contribution in [2.75, 3.05) is 0 Å². The van der Waals surface area contributed by atoms with E-state index in [4.69, 9.17) is 0 Å². The topological polar surface area (TPSA) is 26.3 Å². The van der Waals surface area contributed by atoms with Gasteiger partial charge in [0.15, 0.2) is 0 Å². The fourth-order valence-corrected chi connectivity index (χ4v) is 1.14. The molecule has 0 radical (unpaired) electrons. The molecule has 2 nitrogen and oxygen atoms in total. The Labute approximate surface area is 80.5 Å². The molecule has 0 spiro atoms. The van der Waals surface area contributed by atoms with E-state index < -0.39 is 6.61 Å². The number of carbonyl (C=O) groups is 1. The van der Waals surface area contributed by atoms with Gasteiger partial charge in [0.2, 0.25) is 0 Å². The monoisotopic (exact) mass is 200 g/mol. The number of halogens is 2. The zero-order chi connectivity index (χ0) is 10.4. The number of benzene rings is 1. The van der Waals surface area contributed by atoms with Crippen LogP contribution in [0.5, 0.6) is 5.75 Å². The number of hydrogen-bond acceptors (Lipinski definition) is 2. The van der Waals surface area contributed by atoms with Crippen molar-refractivity contribution in [2.24, 2.45) is 0 Å². The number of aldehydes is 1. The summed E-state index contributed by atoms with van der Waals surface area (Å²) in [5.41, 5.74) is 0.625. The Morgan fingerprint density at radius 3 is 2.71 bits per heavy atom. The Morgan fingerprint density at radius 2 is 2.07 bits per heavy atom.